The van der Waals surface area contributed by atoms with Crippen molar-refractivity contribution in [1.82, 2.24) is 5.32 Å². The highest BCUT2D eigenvalue weighted by Crippen LogP contribution is 2.62. The van der Waals surface area contributed by atoms with Crippen LogP contribution >= 0.6 is 12.4 Å². The first-order valence-electron chi connectivity index (χ1n) is 5.82. The predicted molar refractivity (Wildman–Crippen MR) is 67.5 cm³/mol. The summed E-state index contributed by atoms with van der Waals surface area (Å²) in [6.07, 6.45) is 2.76. The van der Waals surface area contributed by atoms with E-state index >= 15 is 0 Å². The van der Waals surface area contributed by atoms with Gasteiger partial charge in [0.1, 0.15) is 0 Å². The highest BCUT2D eigenvalue weighted by Gasteiger charge is 2.66. The lowest BCUT2D eigenvalue weighted by molar-refractivity contribution is -0.129. The summed E-state index contributed by atoms with van der Waals surface area (Å²) in [5.74, 6) is 0.0531. The molecule has 1 amide bonds. The van der Waals surface area contributed by atoms with Crippen molar-refractivity contribution in [3.63, 3.8) is 0 Å². The van der Waals surface area contributed by atoms with Gasteiger partial charge in [0.25, 0.3) is 0 Å². The molecule has 2 aliphatic rings. The normalized spacial score (nSPS) is 28.6. The quantitative estimate of drug-likeness (QED) is 0.781. The van der Waals surface area contributed by atoms with Crippen LogP contribution in [0.5, 0.6) is 0 Å². The van der Waals surface area contributed by atoms with Gasteiger partial charge in [0.2, 0.25) is 5.91 Å². The predicted octanol–water partition coefficient (Wildman–Crippen LogP) is 1.84. The van der Waals surface area contributed by atoms with Crippen LogP contribution in [0.2, 0.25) is 0 Å². The SMILES string of the molecule is CC1(C)C(NC(=O)C2(N)CCC2)C1(C)C.Cl. The number of hydrogen-bond acceptors (Lipinski definition) is 2. The second-order valence-corrected chi connectivity index (χ2v) is 6.36. The zero-order chi connectivity index (χ0) is 11.5. The van der Waals surface area contributed by atoms with Gasteiger partial charge in [0.05, 0.1) is 5.54 Å². The molecule has 3 nitrogen and oxygen atoms in total. The van der Waals surface area contributed by atoms with Crippen molar-refractivity contribution in [3.8, 4) is 0 Å². The van der Waals surface area contributed by atoms with Crippen LogP contribution in [0.25, 0.3) is 0 Å². The molecular weight excluding hydrogens is 224 g/mol. The van der Waals surface area contributed by atoms with Gasteiger partial charge in [-0.15, -0.1) is 12.4 Å². The molecule has 2 fully saturated rings. The number of carbonyl (C=O) groups excluding carboxylic acids is 1. The van der Waals surface area contributed by atoms with Gasteiger partial charge in [-0.3, -0.25) is 4.79 Å². The average Bonchev–Trinajstić information content (AvgIpc) is 2.43. The number of carbonyl (C=O) groups is 1. The molecule has 0 heterocycles. The average molecular weight is 247 g/mol. The third-order valence-corrected chi connectivity index (χ3v) is 4.99. The Morgan fingerprint density at radius 1 is 1.19 bits per heavy atom. The summed E-state index contributed by atoms with van der Waals surface area (Å²) >= 11 is 0. The van der Waals surface area contributed by atoms with E-state index in [4.69, 9.17) is 5.73 Å². The summed E-state index contributed by atoms with van der Waals surface area (Å²) in [5, 5.41) is 3.11. The van der Waals surface area contributed by atoms with E-state index in [2.05, 4.69) is 33.0 Å². The van der Waals surface area contributed by atoms with Gasteiger partial charge in [0, 0.05) is 6.04 Å². The fraction of sp³-hybridized carbons (Fsp3) is 0.917. The minimum atomic E-state index is -0.561. The van der Waals surface area contributed by atoms with Crippen molar-refractivity contribution in [3.05, 3.63) is 0 Å². The Hall–Kier alpha value is -0.280. The molecule has 0 aromatic heterocycles. The molecule has 0 saturated heterocycles. The molecule has 0 spiro atoms. The van der Waals surface area contributed by atoms with Crippen LogP contribution in [0.3, 0.4) is 0 Å². The van der Waals surface area contributed by atoms with Gasteiger partial charge in [-0.05, 0) is 30.1 Å². The minimum absolute atomic E-state index is 0. The first kappa shape index (κ1) is 13.8. The van der Waals surface area contributed by atoms with Crippen LogP contribution in [-0.2, 0) is 4.79 Å². The molecule has 0 bridgehead atoms. The molecule has 2 aliphatic carbocycles. The Morgan fingerprint density at radius 2 is 1.62 bits per heavy atom. The van der Waals surface area contributed by atoms with Crippen LogP contribution in [0.4, 0.5) is 0 Å². The van der Waals surface area contributed by atoms with Crippen molar-refractivity contribution in [2.24, 2.45) is 16.6 Å². The number of nitrogens with two attached hydrogens (primary N) is 1. The second-order valence-electron chi connectivity index (χ2n) is 6.36. The fourth-order valence-electron chi connectivity index (χ4n) is 2.62. The summed E-state index contributed by atoms with van der Waals surface area (Å²) in [6.45, 7) is 8.79. The molecule has 94 valence electrons. The van der Waals surface area contributed by atoms with Crippen LogP contribution in [0.1, 0.15) is 47.0 Å². The zero-order valence-electron chi connectivity index (χ0n) is 10.6. The van der Waals surface area contributed by atoms with Crippen molar-refractivity contribution < 1.29 is 4.79 Å². The lowest BCUT2D eigenvalue weighted by Crippen LogP contribution is -2.59. The number of amides is 1. The van der Waals surface area contributed by atoms with E-state index in [0.29, 0.717) is 0 Å². The van der Waals surface area contributed by atoms with E-state index in [0.717, 1.165) is 19.3 Å². The third-order valence-electron chi connectivity index (χ3n) is 4.99. The number of nitrogens with one attached hydrogen (secondary N) is 1. The van der Waals surface area contributed by atoms with Gasteiger partial charge in [0.15, 0.2) is 0 Å². The third kappa shape index (κ3) is 1.65. The second kappa shape index (κ2) is 3.61. The zero-order valence-corrected chi connectivity index (χ0v) is 11.4. The number of halogens is 1. The highest BCUT2D eigenvalue weighted by atomic mass is 35.5. The van der Waals surface area contributed by atoms with Gasteiger partial charge in [-0.25, -0.2) is 0 Å². The van der Waals surface area contributed by atoms with E-state index in [1.165, 1.54) is 0 Å². The molecule has 0 radical (unpaired) electrons. The highest BCUT2D eigenvalue weighted by molar-refractivity contribution is 5.87. The van der Waals surface area contributed by atoms with E-state index in [-0.39, 0.29) is 35.2 Å². The molecule has 0 aromatic carbocycles. The Bertz CT molecular complexity index is 294. The molecule has 0 aliphatic heterocycles. The van der Waals surface area contributed by atoms with Gasteiger partial charge in [-0.2, -0.15) is 0 Å². The Balaban J connectivity index is 0.00000128. The lowest BCUT2D eigenvalue weighted by Gasteiger charge is -2.36. The van der Waals surface area contributed by atoms with Crippen molar-refractivity contribution in [1.29, 1.82) is 0 Å². The monoisotopic (exact) mass is 246 g/mol. The molecule has 2 rings (SSSR count). The maximum absolute atomic E-state index is 11.9. The summed E-state index contributed by atoms with van der Waals surface area (Å²) in [7, 11) is 0. The van der Waals surface area contributed by atoms with Crippen molar-refractivity contribution >= 4 is 18.3 Å². The molecule has 0 unspecified atom stereocenters. The first-order valence-corrected chi connectivity index (χ1v) is 5.82. The van der Waals surface area contributed by atoms with Crippen LogP contribution in [0, 0.1) is 10.8 Å². The molecule has 3 N–H and O–H groups in total. The molecule has 2 saturated carbocycles. The molecule has 0 aromatic rings. The molecular formula is C12H23ClN2O. The van der Waals surface area contributed by atoms with Crippen LogP contribution in [-0.4, -0.2) is 17.5 Å². The van der Waals surface area contributed by atoms with Crippen molar-refractivity contribution in [2.75, 3.05) is 0 Å². The Morgan fingerprint density at radius 3 is 1.88 bits per heavy atom. The molecule has 16 heavy (non-hydrogen) atoms. The molecule has 4 heteroatoms. The van der Waals surface area contributed by atoms with Crippen molar-refractivity contribution in [2.45, 2.75) is 58.5 Å². The van der Waals surface area contributed by atoms with E-state index in [1.807, 2.05) is 0 Å². The summed E-state index contributed by atoms with van der Waals surface area (Å²) in [4.78, 5) is 11.9. The van der Waals surface area contributed by atoms with E-state index in [1.54, 1.807) is 0 Å². The van der Waals surface area contributed by atoms with Gasteiger partial charge < -0.3 is 11.1 Å². The van der Waals surface area contributed by atoms with E-state index in [9.17, 15) is 4.79 Å². The first-order chi connectivity index (χ1) is 6.72. The number of rotatable bonds is 2. The standard InChI is InChI=1S/C12H22N2O.ClH/c1-10(2)8(11(10,3)4)14-9(15)12(13)6-5-7-12;/h8H,5-7,13H2,1-4H3,(H,14,15);1H. The van der Waals surface area contributed by atoms with E-state index < -0.39 is 5.54 Å². The summed E-state index contributed by atoms with van der Waals surface area (Å²) < 4.78 is 0. The number of hydrogen-bond donors (Lipinski definition) is 2. The van der Waals surface area contributed by atoms with Gasteiger partial charge >= 0.3 is 0 Å². The fourth-order valence-corrected chi connectivity index (χ4v) is 2.62. The summed E-state index contributed by atoms with van der Waals surface area (Å²) in [6, 6.07) is 0.276. The summed E-state index contributed by atoms with van der Waals surface area (Å²) in [5.41, 5.74) is 5.82. The van der Waals surface area contributed by atoms with Crippen LogP contribution in [0.15, 0.2) is 0 Å². The maximum atomic E-state index is 11.9. The van der Waals surface area contributed by atoms with Crippen LogP contribution < -0.4 is 11.1 Å². The maximum Gasteiger partial charge on any atom is 0.240 e. The lowest BCUT2D eigenvalue weighted by atomic mass is 9.77. The minimum Gasteiger partial charge on any atom is -0.351 e. The topological polar surface area (TPSA) is 55.1 Å². The Labute approximate surface area is 104 Å². The largest absolute Gasteiger partial charge is 0.351 e. The van der Waals surface area contributed by atoms with Gasteiger partial charge in [-0.1, -0.05) is 27.7 Å². The molecule has 0 atom stereocenters. The Kier molecular flexibility index (Phi) is 3.11. The smallest absolute Gasteiger partial charge is 0.240 e.